The number of imidazole rings is 1. The molecule has 1 N–H and O–H groups in total. The molecule has 7 heteroatoms. The smallest absolute Gasteiger partial charge is 0.381 e. The Morgan fingerprint density at radius 2 is 2.14 bits per heavy atom. The van der Waals surface area contributed by atoms with Gasteiger partial charge in [0.15, 0.2) is 0 Å². The van der Waals surface area contributed by atoms with Gasteiger partial charge in [-0.1, -0.05) is 0 Å². The Morgan fingerprint density at radius 1 is 1.33 bits per heavy atom. The minimum atomic E-state index is -4.08. The van der Waals surface area contributed by atoms with Gasteiger partial charge in [-0.25, -0.2) is 9.97 Å². The summed E-state index contributed by atoms with van der Waals surface area (Å²) in [6.07, 6.45) is 2.53. The topological polar surface area (TPSA) is 42.7 Å². The average molecular weight is 298 g/mol. The molecule has 0 amide bonds. The van der Waals surface area contributed by atoms with E-state index in [1.54, 1.807) is 29.5 Å². The number of nitrogens with zero attached hydrogens (tertiary/aromatic N) is 3. The molecule has 0 spiro atoms. The van der Waals surface area contributed by atoms with Crippen molar-refractivity contribution in [2.75, 3.05) is 5.32 Å². The highest BCUT2D eigenvalue weighted by Crippen LogP contribution is 2.23. The molecule has 4 nitrogen and oxygen atoms in total. The van der Waals surface area contributed by atoms with Crippen LogP contribution < -0.4 is 5.32 Å². The van der Waals surface area contributed by atoms with E-state index < -0.39 is 12.6 Å². The number of hydrogen-bond donors (Lipinski definition) is 1. The molecule has 2 heterocycles. The Bertz CT molecular complexity index is 534. The Kier molecular flexibility index (Phi) is 4.82. The molecule has 0 saturated heterocycles. The largest absolute Gasteiger partial charge is 0.389 e. The predicted octanol–water partition coefficient (Wildman–Crippen LogP) is 3.80. The number of alkyl halides is 3. The van der Waals surface area contributed by atoms with Crippen LogP contribution in [-0.4, -0.2) is 26.8 Å². The summed E-state index contributed by atoms with van der Waals surface area (Å²) in [6.45, 7) is 1.86. The lowest BCUT2D eigenvalue weighted by atomic mass is 10.1. The van der Waals surface area contributed by atoms with Crippen LogP contribution >= 0.6 is 0 Å². The van der Waals surface area contributed by atoms with Crippen LogP contribution in [0.15, 0.2) is 37.1 Å². The van der Waals surface area contributed by atoms with Gasteiger partial charge in [0.05, 0.1) is 11.9 Å². The molecule has 0 aromatic carbocycles. The predicted molar refractivity (Wildman–Crippen MR) is 74.3 cm³/mol. The monoisotopic (exact) mass is 298 g/mol. The van der Waals surface area contributed by atoms with Crippen LogP contribution in [0.5, 0.6) is 0 Å². The van der Waals surface area contributed by atoms with E-state index in [-0.39, 0.29) is 12.5 Å². The lowest BCUT2D eigenvalue weighted by molar-refractivity contribution is -0.135. The number of nitrogens with one attached hydrogen (secondary N) is 1. The number of hydrogen-bond acceptors (Lipinski definition) is 3. The van der Waals surface area contributed by atoms with Crippen molar-refractivity contribution in [1.29, 1.82) is 0 Å². The van der Waals surface area contributed by atoms with Gasteiger partial charge in [-0.15, -0.1) is 0 Å². The summed E-state index contributed by atoms with van der Waals surface area (Å²) < 4.78 is 38.0. The first-order valence-electron chi connectivity index (χ1n) is 6.72. The molecule has 2 rings (SSSR count). The molecular formula is C14H17F3N4. The highest BCUT2D eigenvalue weighted by molar-refractivity contribution is 5.44. The van der Waals surface area contributed by atoms with Crippen molar-refractivity contribution in [2.45, 2.75) is 38.4 Å². The van der Waals surface area contributed by atoms with Crippen molar-refractivity contribution in [2.24, 2.45) is 0 Å². The maximum Gasteiger partial charge on any atom is 0.389 e. The molecule has 0 aliphatic rings. The molecule has 1 atom stereocenters. The molecule has 21 heavy (non-hydrogen) atoms. The minimum absolute atomic E-state index is 0.0340. The van der Waals surface area contributed by atoms with Crippen molar-refractivity contribution in [3.63, 3.8) is 0 Å². The van der Waals surface area contributed by atoms with Crippen LogP contribution in [0.3, 0.4) is 0 Å². The first kappa shape index (κ1) is 15.3. The van der Waals surface area contributed by atoms with Gasteiger partial charge in [0.1, 0.15) is 12.1 Å². The van der Waals surface area contributed by atoms with Crippen molar-refractivity contribution >= 4 is 5.69 Å². The van der Waals surface area contributed by atoms with Crippen LogP contribution in [0.1, 0.15) is 26.2 Å². The van der Waals surface area contributed by atoms with E-state index in [1.807, 2.05) is 19.1 Å². The molecule has 0 bridgehead atoms. The van der Waals surface area contributed by atoms with E-state index in [2.05, 4.69) is 15.3 Å². The number of pyridine rings is 1. The molecule has 114 valence electrons. The molecule has 2 aromatic heterocycles. The fraction of sp³-hybridized carbons (Fsp3) is 0.429. The van der Waals surface area contributed by atoms with Gasteiger partial charge >= 0.3 is 6.18 Å². The molecular weight excluding hydrogens is 281 g/mol. The maximum atomic E-state index is 12.1. The van der Waals surface area contributed by atoms with Gasteiger partial charge in [-0.3, -0.25) is 4.57 Å². The number of rotatable bonds is 6. The maximum absolute atomic E-state index is 12.1. The van der Waals surface area contributed by atoms with E-state index in [0.29, 0.717) is 6.42 Å². The normalized spacial score (nSPS) is 13.1. The van der Waals surface area contributed by atoms with Crippen molar-refractivity contribution in [1.82, 2.24) is 14.5 Å². The molecule has 0 fully saturated rings. The summed E-state index contributed by atoms with van der Waals surface area (Å²) >= 11 is 0. The lowest BCUT2D eigenvalue weighted by Crippen LogP contribution is -2.17. The fourth-order valence-corrected chi connectivity index (χ4v) is 1.98. The Labute approximate surface area is 121 Å². The second-order valence-electron chi connectivity index (χ2n) is 4.93. The number of anilines is 1. The van der Waals surface area contributed by atoms with Gasteiger partial charge in [0.2, 0.25) is 0 Å². The SMILES string of the molecule is CC(CCCC(F)(F)F)Nc1ccc(-n2ccnc2)nc1. The molecule has 1 unspecified atom stereocenters. The van der Waals surface area contributed by atoms with Crippen LogP contribution in [-0.2, 0) is 0 Å². The summed E-state index contributed by atoms with van der Waals surface area (Å²) in [6, 6.07) is 3.64. The summed E-state index contributed by atoms with van der Waals surface area (Å²) in [4.78, 5) is 8.21. The molecule has 0 aliphatic heterocycles. The first-order chi connectivity index (χ1) is 9.94. The van der Waals surface area contributed by atoms with E-state index >= 15 is 0 Å². The zero-order chi connectivity index (χ0) is 15.3. The highest BCUT2D eigenvalue weighted by atomic mass is 19.4. The third-order valence-corrected chi connectivity index (χ3v) is 3.03. The van der Waals surface area contributed by atoms with E-state index in [1.165, 1.54) is 0 Å². The zero-order valence-corrected chi connectivity index (χ0v) is 11.6. The van der Waals surface area contributed by atoms with Crippen molar-refractivity contribution in [3.05, 3.63) is 37.1 Å². The van der Waals surface area contributed by atoms with Crippen LogP contribution in [0.2, 0.25) is 0 Å². The van der Waals surface area contributed by atoms with Crippen LogP contribution in [0.25, 0.3) is 5.82 Å². The third-order valence-electron chi connectivity index (χ3n) is 3.03. The summed E-state index contributed by atoms with van der Waals surface area (Å²) in [5.41, 5.74) is 0.790. The lowest BCUT2D eigenvalue weighted by Gasteiger charge is -2.15. The number of aromatic nitrogens is 3. The van der Waals surface area contributed by atoms with E-state index in [4.69, 9.17) is 0 Å². The van der Waals surface area contributed by atoms with Gasteiger partial charge in [0.25, 0.3) is 0 Å². The van der Waals surface area contributed by atoms with Crippen LogP contribution in [0.4, 0.5) is 18.9 Å². The number of halogens is 3. The first-order valence-corrected chi connectivity index (χ1v) is 6.72. The Balaban J connectivity index is 1.83. The van der Waals surface area contributed by atoms with Gasteiger partial charge in [0, 0.05) is 24.9 Å². The van der Waals surface area contributed by atoms with Gasteiger partial charge in [-0.05, 0) is 31.9 Å². The van der Waals surface area contributed by atoms with Crippen LogP contribution in [0, 0.1) is 0 Å². The highest BCUT2D eigenvalue weighted by Gasteiger charge is 2.26. The zero-order valence-electron chi connectivity index (χ0n) is 11.6. The molecule has 0 aliphatic carbocycles. The Morgan fingerprint density at radius 3 is 2.71 bits per heavy atom. The summed E-state index contributed by atoms with van der Waals surface area (Å²) in [5, 5.41) is 3.15. The molecule has 2 aromatic rings. The van der Waals surface area contributed by atoms with E-state index in [9.17, 15) is 13.2 Å². The second-order valence-corrected chi connectivity index (χ2v) is 4.93. The summed E-state index contributed by atoms with van der Waals surface area (Å²) in [5.74, 6) is 0.739. The van der Waals surface area contributed by atoms with Crippen molar-refractivity contribution in [3.8, 4) is 5.82 Å². The Hall–Kier alpha value is -2.05. The van der Waals surface area contributed by atoms with Gasteiger partial charge < -0.3 is 5.32 Å². The average Bonchev–Trinajstić information content (AvgIpc) is 2.92. The van der Waals surface area contributed by atoms with Gasteiger partial charge in [-0.2, -0.15) is 13.2 Å². The standard InChI is InChI=1S/C14H17F3N4/c1-11(3-2-6-14(15,16)17)20-12-4-5-13(19-9-12)21-8-7-18-10-21/h4-5,7-11,20H,2-3,6H2,1H3. The molecule has 0 radical (unpaired) electrons. The fourth-order valence-electron chi connectivity index (χ4n) is 1.98. The second kappa shape index (κ2) is 6.60. The van der Waals surface area contributed by atoms with Crippen molar-refractivity contribution < 1.29 is 13.2 Å². The quantitative estimate of drug-likeness (QED) is 0.882. The summed E-state index contributed by atoms with van der Waals surface area (Å²) in [7, 11) is 0. The minimum Gasteiger partial charge on any atom is -0.381 e. The molecule has 0 saturated carbocycles. The third kappa shape index (κ3) is 5.09. The van der Waals surface area contributed by atoms with E-state index in [0.717, 1.165) is 11.5 Å².